The molecule has 1 heterocycles. The quantitative estimate of drug-likeness (QED) is 0.511. The molecule has 0 spiro atoms. The van der Waals surface area contributed by atoms with E-state index in [1.165, 1.54) is 17.0 Å². The van der Waals surface area contributed by atoms with Crippen molar-refractivity contribution in [2.45, 2.75) is 12.5 Å². The topological polar surface area (TPSA) is 70.7 Å². The molecule has 0 radical (unpaired) electrons. The predicted molar refractivity (Wildman–Crippen MR) is 124 cm³/mol. The van der Waals surface area contributed by atoms with E-state index < -0.39 is 29.4 Å². The zero-order valence-corrected chi connectivity index (χ0v) is 17.9. The maximum absolute atomic E-state index is 14.8. The van der Waals surface area contributed by atoms with Crippen LogP contribution in [0, 0.1) is 5.82 Å². The first-order valence-electron chi connectivity index (χ1n) is 9.96. The second-order valence-electron chi connectivity index (χ2n) is 7.31. The van der Waals surface area contributed by atoms with Gasteiger partial charge in [0.2, 0.25) is 5.43 Å². The van der Waals surface area contributed by atoms with Crippen molar-refractivity contribution >= 4 is 51.1 Å². The molecule has 1 aliphatic rings. The number of anilines is 3. The molecule has 3 aromatic rings. The monoisotopic (exact) mass is 473 g/mol. The van der Waals surface area contributed by atoms with Crippen molar-refractivity contribution in [3.8, 4) is 0 Å². The molecule has 1 amide bonds. The number of hydrogen-bond acceptors (Lipinski definition) is 5. The number of alkyl halides is 2. The van der Waals surface area contributed by atoms with E-state index in [4.69, 9.17) is 4.74 Å². The third-order valence-corrected chi connectivity index (χ3v) is 5.42. The maximum atomic E-state index is 14.8. The van der Waals surface area contributed by atoms with Gasteiger partial charge in [0.05, 0.1) is 30.2 Å². The van der Waals surface area contributed by atoms with Gasteiger partial charge >= 0.3 is 6.09 Å². The average molecular weight is 473 g/mol. The van der Waals surface area contributed by atoms with Gasteiger partial charge in [0.1, 0.15) is 16.9 Å². The Morgan fingerprint density at radius 3 is 2.61 bits per heavy atom. The Hall–Kier alpha value is -3.66. The molecule has 0 saturated carbocycles. The third kappa shape index (κ3) is 4.90. The minimum atomic E-state index is -2.80. The van der Waals surface area contributed by atoms with Crippen LogP contribution >= 0.6 is 12.2 Å². The van der Waals surface area contributed by atoms with Gasteiger partial charge in [0.25, 0.3) is 6.43 Å². The summed E-state index contributed by atoms with van der Waals surface area (Å²) in [4.78, 5) is 25.6. The molecular formula is C23H18F3N3O3S. The Morgan fingerprint density at radius 1 is 1.09 bits per heavy atom. The number of thiocarbonyl (C=S) groups is 1. The molecular weight excluding hydrogens is 455 g/mol. The summed E-state index contributed by atoms with van der Waals surface area (Å²) >= 11 is 4.50. The molecule has 2 N–H and O–H groups in total. The zero-order valence-electron chi connectivity index (χ0n) is 17.1. The molecule has 4 rings (SSSR count). The summed E-state index contributed by atoms with van der Waals surface area (Å²) in [5.74, 6) is -0.684. The van der Waals surface area contributed by atoms with E-state index in [9.17, 15) is 22.8 Å². The number of halogens is 3. The van der Waals surface area contributed by atoms with E-state index >= 15 is 0 Å². The Balaban J connectivity index is 1.51. The van der Waals surface area contributed by atoms with Crippen molar-refractivity contribution in [1.82, 2.24) is 5.32 Å². The number of amides is 1. The third-order valence-electron chi connectivity index (χ3n) is 5.10. The number of ether oxygens (including phenoxy) is 1. The van der Waals surface area contributed by atoms with Gasteiger partial charge in [-0.3, -0.25) is 9.69 Å². The number of rotatable bonds is 6. The van der Waals surface area contributed by atoms with Crippen LogP contribution in [0.5, 0.6) is 0 Å². The SMILES string of the molecule is O=C1O[C@@H](CNC(=S)C(F)F)CN1c1ccc(Nc2cccc3ccccc3c2=O)c(F)c1. The molecule has 33 heavy (non-hydrogen) atoms. The molecule has 0 aromatic heterocycles. The van der Waals surface area contributed by atoms with Gasteiger partial charge in [-0.1, -0.05) is 48.6 Å². The number of hydrogen-bond donors (Lipinski definition) is 2. The molecule has 170 valence electrons. The fourth-order valence-corrected chi connectivity index (χ4v) is 3.55. The van der Waals surface area contributed by atoms with Crippen LogP contribution in [-0.2, 0) is 4.74 Å². The smallest absolute Gasteiger partial charge is 0.414 e. The van der Waals surface area contributed by atoms with Crippen LogP contribution in [0.3, 0.4) is 0 Å². The van der Waals surface area contributed by atoms with Crippen molar-refractivity contribution in [3.63, 3.8) is 0 Å². The molecule has 10 heteroatoms. The molecule has 0 unspecified atom stereocenters. The van der Waals surface area contributed by atoms with Crippen LogP contribution in [0.2, 0.25) is 0 Å². The standard InChI is InChI=1S/C23H18F3N3O3S/c24-17-10-14(29-12-15(32-23(29)31)11-27-22(33)21(25)26)8-9-18(17)28-19-7-3-5-13-4-1-2-6-16(13)20(19)30/h1-10,15,21H,11-12H2,(H,27,33)(H,28,30)/t15-/m0/s1. The van der Waals surface area contributed by atoms with Crippen LogP contribution in [0.4, 0.5) is 35.0 Å². The summed E-state index contributed by atoms with van der Waals surface area (Å²) in [6.07, 6.45) is -4.26. The molecule has 3 aromatic carbocycles. The summed E-state index contributed by atoms with van der Waals surface area (Å²) in [7, 11) is 0. The Morgan fingerprint density at radius 2 is 1.85 bits per heavy atom. The van der Waals surface area contributed by atoms with Crippen LogP contribution in [0.1, 0.15) is 0 Å². The Labute approximate surface area is 192 Å². The summed E-state index contributed by atoms with van der Waals surface area (Å²) in [6.45, 7) is -0.0477. The van der Waals surface area contributed by atoms with Gasteiger partial charge < -0.3 is 15.4 Å². The van der Waals surface area contributed by atoms with Crippen molar-refractivity contribution in [1.29, 1.82) is 0 Å². The first kappa shape index (κ1) is 22.5. The summed E-state index contributed by atoms with van der Waals surface area (Å²) < 4.78 is 45.0. The normalized spacial score (nSPS) is 15.6. The molecule has 0 bridgehead atoms. The molecule has 0 aliphatic carbocycles. The lowest BCUT2D eigenvalue weighted by Crippen LogP contribution is -2.36. The Bertz CT molecular complexity index is 1290. The van der Waals surface area contributed by atoms with Crippen molar-refractivity contribution < 1.29 is 22.7 Å². The summed E-state index contributed by atoms with van der Waals surface area (Å²) in [5.41, 5.74) is 0.205. The number of benzene rings is 2. The van der Waals surface area contributed by atoms with E-state index in [1.54, 1.807) is 30.3 Å². The first-order valence-corrected chi connectivity index (χ1v) is 10.4. The number of fused-ring (bicyclic) bond motifs is 1. The van der Waals surface area contributed by atoms with E-state index in [0.717, 1.165) is 11.5 Å². The fourth-order valence-electron chi connectivity index (χ4n) is 3.46. The van der Waals surface area contributed by atoms with Crippen molar-refractivity contribution in [2.75, 3.05) is 23.3 Å². The van der Waals surface area contributed by atoms with Crippen LogP contribution in [0.15, 0.2) is 65.5 Å². The maximum Gasteiger partial charge on any atom is 0.414 e. The van der Waals surface area contributed by atoms with Crippen LogP contribution in [0.25, 0.3) is 10.8 Å². The average Bonchev–Trinajstić information content (AvgIpc) is 3.10. The van der Waals surface area contributed by atoms with E-state index in [1.807, 2.05) is 12.1 Å². The van der Waals surface area contributed by atoms with Gasteiger partial charge in [0.15, 0.2) is 0 Å². The molecule has 1 aliphatic heterocycles. The van der Waals surface area contributed by atoms with E-state index in [-0.39, 0.29) is 35.6 Å². The highest BCUT2D eigenvalue weighted by molar-refractivity contribution is 7.80. The van der Waals surface area contributed by atoms with Gasteiger partial charge in [-0.05, 0) is 29.7 Å². The highest BCUT2D eigenvalue weighted by Crippen LogP contribution is 2.27. The number of cyclic esters (lactones) is 1. The van der Waals surface area contributed by atoms with Gasteiger partial charge in [0, 0.05) is 5.39 Å². The summed E-state index contributed by atoms with van der Waals surface area (Å²) in [5, 5.41) is 6.42. The predicted octanol–water partition coefficient (Wildman–Crippen LogP) is 4.59. The lowest BCUT2D eigenvalue weighted by atomic mass is 10.2. The summed E-state index contributed by atoms with van der Waals surface area (Å²) in [6, 6.07) is 16.2. The second kappa shape index (κ2) is 9.45. The van der Waals surface area contributed by atoms with Crippen LogP contribution < -0.4 is 21.0 Å². The van der Waals surface area contributed by atoms with Gasteiger partial charge in [-0.25, -0.2) is 18.0 Å². The van der Waals surface area contributed by atoms with Crippen molar-refractivity contribution in [2.24, 2.45) is 0 Å². The van der Waals surface area contributed by atoms with Crippen molar-refractivity contribution in [3.05, 3.63) is 76.7 Å². The second-order valence-corrected chi connectivity index (χ2v) is 7.75. The highest BCUT2D eigenvalue weighted by Gasteiger charge is 2.33. The van der Waals surface area contributed by atoms with E-state index in [0.29, 0.717) is 5.39 Å². The van der Waals surface area contributed by atoms with Crippen LogP contribution in [-0.4, -0.2) is 36.7 Å². The number of nitrogens with zero attached hydrogens (tertiary/aromatic N) is 1. The minimum absolute atomic E-state index is 0.0368. The minimum Gasteiger partial charge on any atom is -0.442 e. The lowest BCUT2D eigenvalue weighted by Gasteiger charge is -2.15. The number of carbonyl (C=O) groups excluding carboxylic acids is 1. The molecule has 1 fully saturated rings. The first-order chi connectivity index (χ1) is 15.8. The molecule has 6 nitrogen and oxygen atoms in total. The molecule has 1 saturated heterocycles. The number of nitrogens with one attached hydrogen (secondary N) is 2. The lowest BCUT2D eigenvalue weighted by molar-refractivity contribution is 0.142. The fraction of sp³-hybridized carbons (Fsp3) is 0.174. The molecule has 1 atom stereocenters. The van der Waals surface area contributed by atoms with Gasteiger partial charge in [-0.15, -0.1) is 0 Å². The largest absolute Gasteiger partial charge is 0.442 e. The van der Waals surface area contributed by atoms with Gasteiger partial charge in [-0.2, -0.15) is 0 Å². The Kier molecular flexibility index (Phi) is 6.45. The van der Waals surface area contributed by atoms with E-state index in [2.05, 4.69) is 22.9 Å². The number of carbonyl (C=O) groups is 1. The highest BCUT2D eigenvalue weighted by atomic mass is 32.1. The zero-order chi connectivity index (χ0) is 23.5.